The number of aliphatic hydroxyl groups is 2. The number of likely N-dealkylation sites (N-methyl/N-ethyl adjacent to an activating group) is 1. The first-order chi connectivity index (χ1) is 25.5. The lowest BCUT2D eigenvalue weighted by Crippen LogP contribution is -2.52. The molecule has 0 aliphatic carbocycles. The first-order valence-corrected chi connectivity index (χ1v) is 17.0. The van der Waals surface area contributed by atoms with Crippen LogP contribution in [0.5, 0.6) is 0 Å². The lowest BCUT2D eigenvalue weighted by Gasteiger charge is -2.36. The predicted molar refractivity (Wildman–Crippen MR) is 194 cm³/mol. The Bertz CT molecular complexity index is 2150. The molecule has 54 heavy (non-hydrogen) atoms. The van der Waals surface area contributed by atoms with Gasteiger partial charge in [-0.3, -0.25) is 9.59 Å². The van der Waals surface area contributed by atoms with E-state index >= 15 is 0 Å². The number of hydrogen-bond donors (Lipinski definition) is 2. The molecule has 2 saturated heterocycles. The second-order valence-electron chi connectivity index (χ2n) is 12.6. The van der Waals surface area contributed by atoms with E-state index in [0.29, 0.717) is 32.8 Å². The van der Waals surface area contributed by atoms with Gasteiger partial charge in [-0.15, -0.1) is 0 Å². The molecule has 2 N–H and O–H groups in total. The van der Waals surface area contributed by atoms with E-state index in [-0.39, 0.29) is 10.7 Å². The Labute approximate surface area is 317 Å². The van der Waals surface area contributed by atoms with Crippen molar-refractivity contribution in [2.45, 2.75) is 37.1 Å². The summed E-state index contributed by atoms with van der Waals surface area (Å²) < 4.78 is 40.2. The van der Waals surface area contributed by atoms with Crippen LogP contribution in [0.2, 0.25) is 10.0 Å². The molecule has 4 aromatic carbocycles. The van der Waals surface area contributed by atoms with Gasteiger partial charge in [0.1, 0.15) is 0 Å². The molecule has 2 atom stereocenters. The SMILES string of the molecule is CC(C)N1C(=O)N(c2ccc(C#N)c(C(F)(F)F)c2)C(=O)C1(CO)c1ccccc1.CN1C(=O)N(c2ccc(Cl)c(Cl)c2)C(=O)C1(CO)c1ccccc1. The highest BCUT2D eigenvalue weighted by molar-refractivity contribution is 6.42. The summed E-state index contributed by atoms with van der Waals surface area (Å²) in [6, 6.07) is 23.5. The Morgan fingerprint density at radius 3 is 1.69 bits per heavy atom. The minimum Gasteiger partial charge on any atom is -0.393 e. The van der Waals surface area contributed by atoms with Gasteiger partial charge in [0.15, 0.2) is 11.1 Å². The van der Waals surface area contributed by atoms with Crippen LogP contribution in [0.1, 0.15) is 36.1 Å². The molecule has 2 fully saturated rings. The van der Waals surface area contributed by atoms with Crippen molar-refractivity contribution in [2.24, 2.45) is 0 Å². The summed E-state index contributed by atoms with van der Waals surface area (Å²) in [6.07, 6.45) is -4.85. The number of carbonyl (C=O) groups is 4. The van der Waals surface area contributed by atoms with Crippen molar-refractivity contribution in [3.05, 3.63) is 129 Å². The lowest BCUT2D eigenvalue weighted by molar-refractivity contribution is -0.138. The Kier molecular flexibility index (Phi) is 11.1. The number of anilines is 2. The summed E-state index contributed by atoms with van der Waals surface area (Å²) in [7, 11) is 1.49. The molecule has 0 radical (unpaired) electrons. The van der Waals surface area contributed by atoms with Crippen LogP contribution < -0.4 is 9.80 Å². The third kappa shape index (κ3) is 6.43. The van der Waals surface area contributed by atoms with Crippen LogP contribution in [0.4, 0.5) is 34.1 Å². The van der Waals surface area contributed by atoms with E-state index in [4.69, 9.17) is 28.5 Å². The maximum Gasteiger partial charge on any atom is 0.417 e. The second-order valence-corrected chi connectivity index (χ2v) is 13.4. The van der Waals surface area contributed by atoms with Crippen LogP contribution in [0.15, 0.2) is 97.1 Å². The van der Waals surface area contributed by atoms with Crippen molar-refractivity contribution in [2.75, 3.05) is 30.1 Å². The monoisotopic (exact) mass is 781 g/mol. The van der Waals surface area contributed by atoms with E-state index in [9.17, 15) is 42.6 Å². The van der Waals surface area contributed by atoms with Crippen LogP contribution in [-0.4, -0.2) is 70.2 Å². The van der Waals surface area contributed by atoms with Crippen LogP contribution in [0.3, 0.4) is 0 Å². The number of halogens is 5. The molecular formula is C38H32Cl2F3N5O6. The molecule has 0 spiro atoms. The minimum atomic E-state index is -4.85. The van der Waals surface area contributed by atoms with E-state index < -0.39 is 71.5 Å². The van der Waals surface area contributed by atoms with Gasteiger partial charge < -0.3 is 20.0 Å². The van der Waals surface area contributed by atoms with Crippen molar-refractivity contribution >= 4 is 58.5 Å². The Morgan fingerprint density at radius 2 is 1.20 bits per heavy atom. The number of amides is 6. The van der Waals surface area contributed by atoms with Gasteiger partial charge in [0.2, 0.25) is 0 Å². The molecule has 6 amide bonds. The van der Waals surface area contributed by atoms with Gasteiger partial charge in [0.05, 0.1) is 51.8 Å². The number of hydrogen-bond acceptors (Lipinski definition) is 7. The highest BCUT2D eigenvalue weighted by Gasteiger charge is 2.60. The quantitative estimate of drug-likeness (QED) is 0.194. The lowest BCUT2D eigenvalue weighted by atomic mass is 9.88. The van der Waals surface area contributed by atoms with Crippen LogP contribution in [0, 0.1) is 11.3 Å². The third-order valence-electron chi connectivity index (χ3n) is 9.30. The molecule has 0 bridgehead atoms. The number of aliphatic hydroxyl groups excluding tert-OH is 2. The Balaban J connectivity index is 0.000000213. The number of nitriles is 1. The van der Waals surface area contributed by atoms with Gasteiger partial charge in [0, 0.05) is 13.1 Å². The predicted octanol–water partition coefficient (Wildman–Crippen LogP) is 6.92. The van der Waals surface area contributed by atoms with Crippen LogP contribution >= 0.6 is 23.2 Å². The number of urea groups is 2. The first-order valence-electron chi connectivity index (χ1n) is 16.2. The molecule has 0 saturated carbocycles. The molecular weight excluding hydrogens is 750 g/mol. The van der Waals surface area contributed by atoms with Gasteiger partial charge in [-0.25, -0.2) is 19.4 Å². The van der Waals surface area contributed by atoms with Crippen LogP contribution in [-0.2, 0) is 26.8 Å². The molecule has 6 rings (SSSR count). The Hall–Kier alpha value is -5.46. The van der Waals surface area contributed by atoms with Gasteiger partial charge in [-0.1, -0.05) is 83.9 Å². The fourth-order valence-electron chi connectivity index (χ4n) is 6.63. The largest absolute Gasteiger partial charge is 0.417 e. The highest BCUT2D eigenvalue weighted by Crippen LogP contribution is 2.43. The van der Waals surface area contributed by atoms with Crippen molar-refractivity contribution in [3.63, 3.8) is 0 Å². The fourth-order valence-corrected chi connectivity index (χ4v) is 6.92. The molecule has 2 heterocycles. The van der Waals surface area contributed by atoms with E-state index in [1.165, 1.54) is 36.2 Å². The molecule has 4 aromatic rings. The summed E-state index contributed by atoms with van der Waals surface area (Å²) in [5.74, 6) is -1.41. The Morgan fingerprint density at radius 1 is 0.722 bits per heavy atom. The second kappa shape index (κ2) is 15.1. The van der Waals surface area contributed by atoms with Gasteiger partial charge in [0.25, 0.3) is 11.8 Å². The molecule has 2 aliphatic heterocycles. The van der Waals surface area contributed by atoms with Gasteiger partial charge in [-0.2, -0.15) is 18.4 Å². The number of carbonyl (C=O) groups excluding carboxylic acids is 4. The zero-order valence-corrected chi connectivity index (χ0v) is 30.4. The van der Waals surface area contributed by atoms with Crippen molar-refractivity contribution in [3.8, 4) is 6.07 Å². The minimum absolute atomic E-state index is 0.235. The smallest absolute Gasteiger partial charge is 0.393 e. The summed E-state index contributed by atoms with van der Waals surface area (Å²) >= 11 is 11.9. The maximum atomic E-state index is 13.5. The number of imide groups is 2. The zero-order chi connectivity index (χ0) is 39.7. The van der Waals surface area contributed by atoms with E-state index in [1.807, 2.05) is 0 Å². The average molecular weight is 783 g/mol. The van der Waals surface area contributed by atoms with Crippen molar-refractivity contribution in [1.29, 1.82) is 5.26 Å². The summed E-state index contributed by atoms with van der Waals surface area (Å²) in [4.78, 5) is 56.5. The summed E-state index contributed by atoms with van der Waals surface area (Å²) in [5, 5.41) is 29.8. The average Bonchev–Trinajstić information content (AvgIpc) is 3.51. The van der Waals surface area contributed by atoms with Crippen molar-refractivity contribution in [1.82, 2.24) is 9.80 Å². The topological polar surface area (TPSA) is 145 Å². The van der Waals surface area contributed by atoms with Crippen molar-refractivity contribution < 1.29 is 42.6 Å². The fraction of sp³-hybridized carbons (Fsp3) is 0.237. The zero-order valence-electron chi connectivity index (χ0n) is 28.9. The third-order valence-corrected chi connectivity index (χ3v) is 10.0. The normalized spacial score (nSPS) is 20.1. The molecule has 11 nitrogen and oxygen atoms in total. The summed E-state index contributed by atoms with van der Waals surface area (Å²) in [5.41, 5.74) is -4.26. The summed E-state index contributed by atoms with van der Waals surface area (Å²) in [6.45, 7) is 2.00. The molecule has 16 heteroatoms. The molecule has 0 aromatic heterocycles. The van der Waals surface area contributed by atoms with Gasteiger partial charge >= 0.3 is 18.2 Å². The van der Waals surface area contributed by atoms with Crippen LogP contribution in [0.25, 0.3) is 0 Å². The molecule has 2 aliphatic rings. The standard InChI is InChI=1S/C21H18F3N3O3.C17H14Cl2N2O3/c1-13(2)27-19(30)26(16-9-8-14(11-25)17(10-16)21(22,23)24)18(29)20(27,12-28)15-6-4-3-5-7-15;1-20-16(24)21(12-7-8-13(18)14(19)9-12)15(23)17(20,10-22)11-5-3-2-4-6-11/h3-10,13,28H,12H2,1-2H3;2-9,22H,10H2,1H3. The van der Waals surface area contributed by atoms with Gasteiger partial charge in [-0.05, 0) is 61.4 Å². The number of alkyl halides is 3. The van der Waals surface area contributed by atoms with E-state index in [2.05, 4.69) is 0 Å². The highest BCUT2D eigenvalue weighted by atomic mass is 35.5. The van der Waals surface area contributed by atoms with E-state index in [1.54, 1.807) is 74.5 Å². The van der Waals surface area contributed by atoms with E-state index in [0.717, 1.165) is 21.9 Å². The number of nitrogens with zero attached hydrogens (tertiary/aromatic N) is 5. The number of benzene rings is 4. The molecule has 2 unspecified atom stereocenters. The number of rotatable bonds is 7. The molecule has 280 valence electrons. The first kappa shape index (κ1) is 39.7. The maximum absolute atomic E-state index is 13.5.